The fourth-order valence-corrected chi connectivity index (χ4v) is 4.05. The first kappa shape index (κ1) is 20.5. The Labute approximate surface area is 167 Å². The molecule has 1 saturated heterocycles. The van der Waals surface area contributed by atoms with Crippen LogP contribution in [0.5, 0.6) is 0 Å². The molecule has 2 amide bonds. The van der Waals surface area contributed by atoms with Crippen LogP contribution in [0.3, 0.4) is 0 Å². The van der Waals surface area contributed by atoms with Gasteiger partial charge in [-0.05, 0) is 32.4 Å². The van der Waals surface area contributed by atoms with E-state index >= 15 is 0 Å². The minimum atomic E-state index is -4.41. The number of nitrogens with zero attached hydrogens (tertiary/aromatic N) is 4. The highest BCUT2D eigenvalue weighted by Gasteiger charge is 2.43. The van der Waals surface area contributed by atoms with Crippen LogP contribution in [-0.2, 0) is 26.3 Å². The molecule has 1 fully saturated rings. The van der Waals surface area contributed by atoms with Crippen molar-refractivity contribution in [2.75, 3.05) is 16.3 Å². The minimum Gasteiger partial charge on any atom is -0.395 e. The highest BCUT2D eigenvalue weighted by molar-refractivity contribution is 7.93. The Hall–Kier alpha value is -3.25. The van der Waals surface area contributed by atoms with Gasteiger partial charge in [-0.2, -0.15) is 17.8 Å². The zero-order chi connectivity index (χ0) is 21.3. The number of benzene rings is 1. The summed E-state index contributed by atoms with van der Waals surface area (Å²) in [5, 5.41) is 13.0. The topological polar surface area (TPSA) is 146 Å². The van der Waals surface area contributed by atoms with Gasteiger partial charge in [-0.15, -0.1) is 0 Å². The van der Waals surface area contributed by atoms with Crippen LogP contribution in [0.4, 0.5) is 11.6 Å². The lowest BCUT2D eigenvalue weighted by molar-refractivity contribution is -0.117. The number of hydrogen-bond donors (Lipinski definition) is 3. The number of aliphatic hydroxyl groups is 1. The zero-order valence-electron chi connectivity index (χ0n) is 16.0. The van der Waals surface area contributed by atoms with E-state index in [-0.39, 0.29) is 24.8 Å². The predicted octanol–water partition coefficient (Wildman–Crippen LogP) is -0.0236. The van der Waals surface area contributed by atoms with Gasteiger partial charge in [0.1, 0.15) is 0 Å². The number of carbonyl (C=O) groups is 2. The van der Waals surface area contributed by atoms with E-state index in [1.165, 1.54) is 6.07 Å². The molecule has 1 aromatic heterocycles. The van der Waals surface area contributed by atoms with E-state index in [1.807, 2.05) is 0 Å². The van der Waals surface area contributed by atoms with Crippen molar-refractivity contribution in [2.24, 2.45) is 5.10 Å². The van der Waals surface area contributed by atoms with Gasteiger partial charge in [0.2, 0.25) is 11.7 Å². The van der Waals surface area contributed by atoms with Crippen LogP contribution < -0.4 is 14.5 Å². The molecular weight excluding hydrogens is 400 g/mol. The van der Waals surface area contributed by atoms with E-state index in [1.54, 1.807) is 48.3 Å². The second-order valence-corrected chi connectivity index (χ2v) is 7.87. The number of amides is 2. The Morgan fingerprint density at radius 1 is 1.21 bits per heavy atom. The molecule has 0 radical (unpaired) electrons. The third-order valence-electron chi connectivity index (χ3n) is 4.45. The lowest BCUT2D eigenvalue weighted by Gasteiger charge is -2.27. The number of anilines is 2. The van der Waals surface area contributed by atoms with E-state index in [0.29, 0.717) is 15.6 Å². The average Bonchev–Trinajstić information content (AvgIpc) is 2.90. The summed E-state index contributed by atoms with van der Waals surface area (Å²) >= 11 is 0. The average molecular weight is 420 g/mol. The molecule has 29 heavy (non-hydrogen) atoms. The number of imidazole rings is 1. The summed E-state index contributed by atoms with van der Waals surface area (Å²) in [6, 6.07) is 6.36. The van der Waals surface area contributed by atoms with Crippen molar-refractivity contribution in [3.8, 4) is 0 Å². The molecule has 0 saturated carbocycles. The first-order chi connectivity index (χ1) is 13.7. The molecule has 1 aliphatic heterocycles. The molecule has 12 heteroatoms. The van der Waals surface area contributed by atoms with Crippen molar-refractivity contribution in [3.05, 3.63) is 41.2 Å². The fraction of sp³-hybridized carbons (Fsp3) is 0.294. The third-order valence-corrected chi connectivity index (χ3v) is 5.73. The SMILES string of the molecule is Cc1ccccc1N1C(=O)C(=NNc2nc(C)c(C)n2CCO)C(=O)NS1(=O)=O. The molecule has 0 spiro atoms. The van der Waals surface area contributed by atoms with Gasteiger partial charge in [-0.25, -0.2) is 15.1 Å². The molecule has 2 heterocycles. The Morgan fingerprint density at radius 3 is 2.55 bits per heavy atom. The van der Waals surface area contributed by atoms with E-state index < -0.39 is 27.7 Å². The van der Waals surface area contributed by atoms with Crippen molar-refractivity contribution in [3.63, 3.8) is 0 Å². The van der Waals surface area contributed by atoms with Gasteiger partial charge < -0.3 is 9.67 Å². The van der Waals surface area contributed by atoms with Gasteiger partial charge in [0, 0.05) is 12.2 Å². The number of para-hydroxylation sites is 1. The molecule has 0 atom stereocenters. The number of carbonyl (C=O) groups excluding carboxylic acids is 2. The quantitative estimate of drug-likeness (QED) is 0.576. The summed E-state index contributed by atoms with van der Waals surface area (Å²) in [5.41, 5.74) is 3.96. The van der Waals surface area contributed by atoms with Crippen molar-refractivity contribution in [1.82, 2.24) is 14.3 Å². The van der Waals surface area contributed by atoms with Gasteiger partial charge >= 0.3 is 10.2 Å². The van der Waals surface area contributed by atoms with Crippen LogP contribution in [-0.4, -0.2) is 47.2 Å². The number of aryl methyl sites for hydroxylation is 2. The number of aliphatic hydroxyl groups excluding tert-OH is 1. The second-order valence-electron chi connectivity index (χ2n) is 6.35. The van der Waals surface area contributed by atoms with E-state index in [9.17, 15) is 23.1 Å². The van der Waals surface area contributed by atoms with Crippen molar-refractivity contribution >= 4 is 39.4 Å². The number of hydrazone groups is 1. The van der Waals surface area contributed by atoms with Crippen LogP contribution >= 0.6 is 0 Å². The predicted molar refractivity (Wildman–Crippen MR) is 106 cm³/mol. The lowest BCUT2D eigenvalue weighted by atomic mass is 10.2. The maximum absolute atomic E-state index is 12.9. The van der Waals surface area contributed by atoms with Gasteiger partial charge in [0.25, 0.3) is 11.8 Å². The maximum Gasteiger partial charge on any atom is 0.333 e. The van der Waals surface area contributed by atoms with Gasteiger partial charge in [-0.1, -0.05) is 18.2 Å². The van der Waals surface area contributed by atoms with Crippen molar-refractivity contribution in [1.29, 1.82) is 0 Å². The van der Waals surface area contributed by atoms with Crippen LogP contribution in [0.1, 0.15) is 17.0 Å². The molecule has 11 nitrogen and oxygen atoms in total. The third kappa shape index (κ3) is 3.71. The van der Waals surface area contributed by atoms with E-state index in [4.69, 9.17) is 0 Å². The van der Waals surface area contributed by atoms with Gasteiger partial charge in [0.15, 0.2) is 0 Å². The number of rotatable bonds is 5. The Bertz CT molecular complexity index is 1120. The van der Waals surface area contributed by atoms with E-state index in [2.05, 4.69) is 15.5 Å². The molecule has 0 unspecified atom stereocenters. The molecule has 154 valence electrons. The fourth-order valence-electron chi connectivity index (χ4n) is 2.86. The standard InChI is InChI=1S/C17H20N6O5S/c1-10-6-4-5-7-13(10)23-16(26)14(15(25)21-29(23,27)28)19-20-17-18-11(2)12(3)22(17)8-9-24/h4-7,24H,8-9H2,1-3H3,(H,18,20)(H,21,25). The summed E-state index contributed by atoms with van der Waals surface area (Å²) in [7, 11) is -4.41. The summed E-state index contributed by atoms with van der Waals surface area (Å²) in [4.78, 5) is 29.3. The van der Waals surface area contributed by atoms with Crippen LogP contribution in [0.15, 0.2) is 29.4 Å². The minimum absolute atomic E-state index is 0.110. The van der Waals surface area contributed by atoms with E-state index in [0.717, 1.165) is 5.69 Å². The Morgan fingerprint density at radius 2 is 1.90 bits per heavy atom. The smallest absolute Gasteiger partial charge is 0.333 e. The normalized spacial score (nSPS) is 17.5. The molecule has 1 aliphatic rings. The number of nitrogens with one attached hydrogen (secondary N) is 2. The summed E-state index contributed by atoms with van der Waals surface area (Å²) in [6.45, 7) is 5.26. The molecule has 0 bridgehead atoms. The van der Waals surface area contributed by atoms with Crippen molar-refractivity contribution < 1.29 is 23.1 Å². The van der Waals surface area contributed by atoms with Crippen LogP contribution in [0.25, 0.3) is 0 Å². The van der Waals surface area contributed by atoms with Gasteiger partial charge in [0.05, 0.1) is 18.0 Å². The molecule has 0 aliphatic carbocycles. The number of aromatic nitrogens is 2. The first-order valence-electron chi connectivity index (χ1n) is 8.63. The Kier molecular flexibility index (Phi) is 5.40. The monoisotopic (exact) mass is 420 g/mol. The zero-order valence-corrected chi connectivity index (χ0v) is 16.8. The highest BCUT2D eigenvalue weighted by Crippen LogP contribution is 2.24. The van der Waals surface area contributed by atoms with Gasteiger partial charge in [-0.3, -0.25) is 9.59 Å². The molecule has 3 rings (SSSR count). The lowest BCUT2D eigenvalue weighted by Crippen LogP contribution is -2.59. The highest BCUT2D eigenvalue weighted by atomic mass is 32.2. The molecular formula is C17H20N6O5S. The first-order valence-corrected chi connectivity index (χ1v) is 10.1. The van der Waals surface area contributed by atoms with Crippen molar-refractivity contribution in [2.45, 2.75) is 27.3 Å². The molecule has 2 aromatic rings. The number of hydrogen-bond acceptors (Lipinski definition) is 8. The summed E-state index contributed by atoms with van der Waals surface area (Å²) in [6.07, 6.45) is 0. The van der Waals surface area contributed by atoms with Crippen LogP contribution in [0.2, 0.25) is 0 Å². The van der Waals surface area contributed by atoms with Crippen LogP contribution in [0, 0.1) is 20.8 Å². The second kappa shape index (κ2) is 7.64. The Balaban J connectivity index is 2.00. The molecule has 1 aromatic carbocycles. The summed E-state index contributed by atoms with van der Waals surface area (Å²) in [5.74, 6) is -2.04. The maximum atomic E-state index is 12.9. The largest absolute Gasteiger partial charge is 0.395 e. The molecule has 3 N–H and O–H groups in total. The summed E-state index contributed by atoms with van der Waals surface area (Å²) < 4.78 is 28.8.